The van der Waals surface area contributed by atoms with Crippen LogP contribution < -0.4 is 10.6 Å². The van der Waals surface area contributed by atoms with E-state index >= 15 is 0 Å². The maximum absolute atomic E-state index is 13.7. The fourth-order valence-corrected chi connectivity index (χ4v) is 7.70. The number of hydrogen-bond donors (Lipinski definition) is 2. The molecule has 0 bridgehead atoms. The lowest BCUT2D eigenvalue weighted by molar-refractivity contribution is -0.120. The van der Waals surface area contributed by atoms with Crippen LogP contribution in [0.2, 0.25) is 0 Å². The molecule has 0 spiro atoms. The zero-order valence-corrected chi connectivity index (χ0v) is 33.4. The van der Waals surface area contributed by atoms with Crippen LogP contribution in [-0.4, -0.2) is 109 Å². The molecule has 2 saturated heterocycles. The maximum atomic E-state index is 13.7. The number of nitrogens with one attached hydrogen (secondary N) is 2. The Balaban J connectivity index is 1.06. The fourth-order valence-electron chi connectivity index (χ4n) is 7.70. The molecule has 2 fully saturated rings. The van der Waals surface area contributed by atoms with Gasteiger partial charge in [0.25, 0.3) is 11.8 Å². The minimum Gasteiger partial charge on any atom is -0.325 e. The molecule has 2 aliphatic rings. The number of nitrogens with zero attached hydrogens (tertiary/aromatic N) is 4. The number of anilines is 2. The SMILES string of the molecule is CCc1ccccc1C(=O)N1C[C@@H](N(C)C)C[C@H]1C(=O)Nc1ccc(/C=C/c2ccc(NC(=O)[C@@H]3C[C@H](N(C)C)CN3C(=O)c3ccccc3CC)cc2)cc1. The molecule has 6 rings (SSSR count). The van der Waals surface area contributed by atoms with Crippen LogP contribution in [-0.2, 0) is 22.4 Å². The predicted molar refractivity (Wildman–Crippen MR) is 225 cm³/mol. The van der Waals surface area contributed by atoms with E-state index in [0.29, 0.717) is 48.4 Å². The van der Waals surface area contributed by atoms with Crippen LogP contribution in [0.3, 0.4) is 0 Å². The van der Waals surface area contributed by atoms with Gasteiger partial charge in [-0.05, 0) is 113 Å². The Morgan fingerprint density at radius 1 is 0.571 bits per heavy atom. The summed E-state index contributed by atoms with van der Waals surface area (Å²) in [7, 11) is 7.93. The van der Waals surface area contributed by atoms with E-state index in [4.69, 9.17) is 0 Å². The third-order valence-electron chi connectivity index (χ3n) is 11.2. The van der Waals surface area contributed by atoms with Crippen molar-refractivity contribution < 1.29 is 19.2 Å². The molecule has 4 atom stereocenters. The summed E-state index contributed by atoms with van der Waals surface area (Å²) < 4.78 is 0. The highest BCUT2D eigenvalue weighted by atomic mass is 16.2. The van der Waals surface area contributed by atoms with Gasteiger partial charge in [-0.2, -0.15) is 0 Å². The van der Waals surface area contributed by atoms with E-state index in [1.165, 1.54) is 0 Å². The first-order valence-electron chi connectivity index (χ1n) is 19.6. The average molecular weight is 755 g/mol. The van der Waals surface area contributed by atoms with Crippen LogP contribution in [0.1, 0.15) is 69.7 Å². The molecule has 0 unspecified atom stereocenters. The van der Waals surface area contributed by atoms with Crippen molar-refractivity contribution >= 4 is 47.2 Å². The molecular formula is C46H54N6O4. The average Bonchev–Trinajstić information content (AvgIpc) is 3.88. The molecule has 0 aliphatic carbocycles. The lowest BCUT2D eigenvalue weighted by Crippen LogP contribution is -2.43. The number of amides is 4. The summed E-state index contributed by atoms with van der Waals surface area (Å²) in [6.07, 6.45) is 6.58. The van der Waals surface area contributed by atoms with Gasteiger partial charge in [-0.3, -0.25) is 19.2 Å². The molecule has 292 valence electrons. The van der Waals surface area contributed by atoms with E-state index in [-0.39, 0.29) is 35.7 Å². The van der Waals surface area contributed by atoms with E-state index in [1.54, 1.807) is 9.80 Å². The number of benzene rings is 4. The standard InChI is InChI=1S/C46H54N6O4/c1-7-33-13-9-11-15-39(33)45(55)51-29-37(49(3)4)27-41(51)43(53)47-35-23-19-31(20-24-35)17-18-32-21-25-36(26-22-32)48-44(54)42-28-38(50(5)6)30-52(42)46(56)40-16-12-10-14-34(40)8-2/h9-26,37-38,41-42H,7-8,27-30H2,1-6H3,(H,47,53)(H,48,54)/b18-17+/t37-,38-,41-,42-/m0/s1. The molecule has 4 aromatic rings. The highest BCUT2D eigenvalue weighted by molar-refractivity contribution is 6.03. The number of rotatable bonds is 12. The monoisotopic (exact) mass is 754 g/mol. The van der Waals surface area contributed by atoms with Gasteiger partial charge in [0, 0.05) is 47.7 Å². The van der Waals surface area contributed by atoms with Gasteiger partial charge in [-0.25, -0.2) is 0 Å². The highest BCUT2D eigenvalue weighted by Gasteiger charge is 2.42. The van der Waals surface area contributed by atoms with Crippen molar-refractivity contribution in [2.45, 2.75) is 63.7 Å². The molecule has 4 amide bonds. The third-order valence-corrected chi connectivity index (χ3v) is 11.2. The molecule has 2 heterocycles. The van der Waals surface area contributed by atoms with Gasteiger partial charge in [0.05, 0.1) is 0 Å². The maximum Gasteiger partial charge on any atom is 0.254 e. The summed E-state index contributed by atoms with van der Waals surface area (Å²) in [6, 6.07) is 29.5. The predicted octanol–water partition coefficient (Wildman–Crippen LogP) is 6.55. The van der Waals surface area contributed by atoms with Crippen LogP contribution in [0.15, 0.2) is 97.1 Å². The molecule has 10 nitrogen and oxygen atoms in total. The quantitative estimate of drug-likeness (QED) is 0.159. The molecule has 4 aromatic carbocycles. The Bertz CT molecular complexity index is 1910. The summed E-state index contributed by atoms with van der Waals surface area (Å²) in [5.74, 6) is -0.609. The zero-order chi connectivity index (χ0) is 39.9. The van der Waals surface area contributed by atoms with Crippen LogP contribution in [0, 0.1) is 0 Å². The largest absolute Gasteiger partial charge is 0.325 e. The van der Waals surface area contributed by atoms with Crippen molar-refractivity contribution in [3.8, 4) is 0 Å². The van der Waals surface area contributed by atoms with Crippen molar-refractivity contribution in [3.05, 3.63) is 130 Å². The van der Waals surface area contributed by atoms with Crippen molar-refractivity contribution in [2.75, 3.05) is 51.9 Å². The van der Waals surface area contributed by atoms with Gasteiger partial charge in [0.15, 0.2) is 0 Å². The third kappa shape index (κ3) is 9.09. The molecule has 0 aromatic heterocycles. The lowest BCUT2D eigenvalue weighted by atomic mass is 10.0. The molecule has 2 aliphatic heterocycles. The van der Waals surface area contributed by atoms with Crippen molar-refractivity contribution in [3.63, 3.8) is 0 Å². The van der Waals surface area contributed by atoms with Crippen molar-refractivity contribution in [2.24, 2.45) is 0 Å². The topological polar surface area (TPSA) is 105 Å². The van der Waals surface area contributed by atoms with Crippen molar-refractivity contribution in [1.29, 1.82) is 0 Å². The first-order chi connectivity index (χ1) is 27.0. The first-order valence-corrected chi connectivity index (χ1v) is 19.6. The van der Waals surface area contributed by atoms with Gasteiger partial charge in [0.2, 0.25) is 11.8 Å². The smallest absolute Gasteiger partial charge is 0.254 e. The van der Waals surface area contributed by atoms with Gasteiger partial charge >= 0.3 is 0 Å². The molecule has 0 saturated carbocycles. The summed E-state index contributed by atoms with van der Waals surface area (Å²) in [4.78, 5) is 62.3. The second kappa shape index (κ2) is 17.9. The molecule has 2 N–H and O–H groups in total. The van der Waals surface area contributed by atoms with Crippen LogP contribution in [0.25, 0.3) is 12.2 Å². The summed E-state index contributed by atoms with van der Waals surface area (Å²) in [6.45, 7) is 5.05. The van der Waals surface area contributed by atoms with Crippen molar-refractivity contribution in [1.82, 2.24) is 19.6 Å². The Kier molecular flexibility index (Phi) is 12.8. The molecular weight excluding hydrogens is 701 g/mol. The van der Waals surface area contributed by atoms with Crippen LogP contribution in [0.5, 0.6) is 0 Å². The van der Waals surface area contributed by atoms with Crippen LogP contribution in [0.4, 0.5) is 11.4 Å². The number of likely N-dealkylation sites (N-methyl/N-ethyl adjacent to an activating group) is 2. The van der Waals surface area contributed by atoms with E-state index in [9.17, 15) is 19.2 Å². The second-order valence-corrected chi connectivity index (χ2v) is 15.2. The molecule has 10 heteroatoms. The molecule has 56 heavy (non-hydrogen) atoms. The fraction of sp³-hybridized carbons (Fsp3) is 0.348. The summed E-state index contributed by atoms with van der Waals surface area (Å²) >= 11 is 0. The minimum absolute atomic E-state index is 0.0830. The second-order valence-electron chi connectivity index (χ2n) is 15.2. The number of aryl methyl sites for hydroxylation is 2. The van der Waals surface area contributed by atoms with Gasteiger partial charge < -0.3 is 30.2 Å². The molecule has 0 radical (unpaired) electrons. The Morgan fingerprint density at radius 2 is 0.929 bits per heavy atom. The Hall–Kier alpha value is -5.58. The first kappa shape index (κ1) is 40.1. The van der Waals surface area contributed by atoms with Gasteiger partial charge in [-0.1, -0.05) is 86.7 Å². The lowest BCUT2D eigenvalue weighted by Gasteiger charge is -2.25. The number of carbonyl (C=O) groups is 4. The van der Waals surface area contributed by atoms with Gasteiger partial charge in [0.1, 0.15) is 12.1 Å². The van der Waals surface area contributed by atoms with E-state index in [2.05, 4.69) is 20.4 Å². The Morgan fingerprint density at radius 3 is 1.27 bits per heavy atom. The van der Waals surface area contributed by atoms with Crippen LogP contribution >= 0.6 is 0 Å². The summed E-state index contributed by atoms with van der Waals surface area (Å²) in [5.41, 5.74) is 6.49. The number of hydrogen-bond acceptors (Lipinski definition) is 6. The van der Waals surface area contributed by atoms with E-state index in [0.717, 1.165) is 35.1 Å². The highest BCUT2D eigenvalue weighted by Crippen LogP contribution is 2.28. The minimum atomic E-state index is -0.579. The van der Waals surface area contributed by atoms with Gasteiger partial charge in [-0.15, -0.1) is 0 Å². The van der Waals surface area contributed by atoms with E-state index in [1.807, 2.05) is 151 Å². The number of carbonyl (C=O) groups excluding carboxylic acids is 4. The summed E-state index contributed by atoms with van der Waals surface area (Å²) in [5, 5.41) is 6.09. The zero-order valence-electron chi connectivity index (χ0n) is 33.4. The Labute approximate surface area is 331 Å². The number of likely N-dealkylation sites (tertiary alicyclic amines) is 2. The normalized spacial score (nSPS) is 19.6. The van der Waals surface area contributed by atoms with E-state index < -0.39 is 12.1 Å².